The van der Waals surface area contributed by atoms with E-state index in [1.807, 2.05) is 48.5 Å². The van der Waals surface area contributed by atoms with Crippen molar-refractivity contribution in [2.75, 3.05) is 12.4 Å². The van der Waals surface area contributed by atoms with Gasteiger partial charge in [0.1, 0.15) is 5.75 Å². The van der Waals surface area contributed by atoms with E-state index in [1.54, 1.807) is 7.11 Å². The minimum absolute atomic E-state index is 0.237. The summed E-state index contributed by atoms with van der Waals surface area (Å²) in [6, 6.07) is 14.8. The Kier molecular flexibility index (Phi) is 5.01. The molecule has 0 aliphatic carbocycles. The zero-order valence-corrected chi connectivity index (χ0v) is 12.6. The normalized spacial score (nSPS) is 9.90. The van der Waals surface area contributed by atoms with Gasteiger partial charge in [-0.1, -0.05) is 34.1 Å². The van der Waals surface area contributed by atoms with E-state index >= 15 is 0 Å². The van der Waals surface area contributed by atoms with Crippen LogP contribution in [0.5, 0.6) is 5.75 Å². The van der Waals surface area contributed by atoms with E-state index in [4.69, 9.17) is 4.74 Å². The lowest BCUT2D eigenvalue weighted by Gasteiger charge is -2.08. The van der Waals surface area contributed by atoms with Gasteiger partial charge >= 0.3 is 6.03 Å². The SMILES string of the molecule is COc1ccc(CNC(=O)Nc2cccc(Br)c2)cc1. The predicted molar refractivity (Wildman–Crippen MR) is 83.0 cm³/mol. The van der Waals surface area contributed by atoms with E-state index in [9.17, 15) is 4.79 Å². The fraction of sp³-hybridized carbons (Fsp3) is 0.133. The molecule has 0 fully saturated rings. The predicted octanol–water partition coefficient (Wildman–Crippen LogP) is 3.78. The van der Waals surface area contributed by atoms with Gasteiger partial charge in [0.15, 0.2) is 0 Å². The standard InChI is InChI=1S/C15H15BrN2O2/c1-20-14-7-5-11(6-8-14)10-17-15(19)18-13-4-2-3-12(16)9-13/h2-9H,10H2,1H3,(H2,17,18,19). The van der Waals surface area contributed by atoms with Gasteiger partial charge in [-0.05, 0) is 35.9 Å². The summed E-state index contributed by atoms with van der Waals surface area (Å²) in [6.45, 7) is 0.462. The highest BCUT2D eigenvalue weighted by Gasteiger charge is 2.02. The lowest BCUT2D eigenvalue weighted by molar-refractivity contribution is 0.251. The third-order valence-electron chi connectivity index (χ3n) is 2.69. The van der Waals surface area contributed by atoms with Crippen molar-refractivity contribution in [3.8, 4) is 5.75 Å². The van der Waals surface area contributed by atoms with Crippen LogP contribution < -0.4 is 15.4 Å². The number of methoxy groups -OCH3 is 1. The molecule has 0 aromatic heterocycles. The fourth-order valence-electron chi connectivity index (χ4n) is 1.67. The average Bonchev–Trinajstić information content (AvgIpc) is 2.46. The van der Waals surface area contributed by atoms with Crippen molar-refractivity contribution in [1.29, 1.82) is 0 Å². The molecule has 0 saturated heterocycles. The molecule has 2 aromatic carbocycles. The molecule has 2 aromatic rings. The first-order valence-corrected chi connectivity index (χ1v) is 6.90. The summed E-state index contributed by atoms with van der Waals surface area (Å²) < 4.78 is 6.00. The van der Waals surface area contributed by atoms with E-state index < -0.39 is 0 Å². The number of rotatable bonds is 4. The van der Waals surface area contributed by atoms with Crippen LogP contribution in [0.1, 0.15) is 5.56 Å². The van der Waals surface area contributed by atoms with Crippen molar-refractivity contribution in [1.82, 2.24) is 5.32 Å². The van der Waals surface area contributed by atoms with Crippen molar-refractivity contribution < 1.29 is 9.53 Å². The first kappa shape index (κ1) is 14.4. The first-order valence-electron chi connectivity index (χ1n) is 6.11. The Morgan fingerprint density at radius 3 is 2.60 bits per heavy atom. The molecule has 2 N–H and O–H groups in total. The molecule has 0 aliphatic heterocycles. The summed E-state index contributed by atoms with van der Waals surface area (Å²) in [5.41, 5.74) is 1.75. The lowest BCUT2D eigenvalue weighted by atomic mass is 10.2. The second-order valence-electron chi connectivity index (χ2n) is 4.17. The van der Waals surface area contributed by atoms with Crippen LogP contribution in [-0.4, -0.2) is 13.1 Å². The maximum absolute atomic E-state index is 11.8. The molecule has 2 amide bonds. The molecule has 5 heteroatoms. The van der Waals surface area contributed by atoms with Crippen molar-refractivity contribution in [3.63, 3.8) is 0 Å². The highest BCUT2D eigenvalue weighted by Crippen LogP contribution is 2.15. The van der Waals surface area contributed by atoms with Crippen LogP contribution in [0.3, 0.4) is 0 Å². The Morgan fingerprint density at radius 2 is 1.95 bits per heavy atom. The number of benzene rings is 2. The third-order valence-corrected chi connectivity index (χ3v) is 3.19. The molecule has 0 heterocycles. The fourth-order valence-corrected chi connectivity index (χ4v) is 2.07. The van der Waals surface area contributed by atoms with Gasteiger partial charge in [-0.15, -0.1) is 0 Å². The molecule has 0 atom stereocenters. The molecule has 0 bridgehead atoms. The Bertz CT molecular complexity index is 585. The maximum Gasteiger partial charge on any atom is 0.319 e. The van der Waals surface area contributed by atoms with Gasteiger partial charge in [-0.25, -0.2) is 4.79 Å². The van der Waals surface area contributed by atoms with Gasteiger partial charge in [-0.3, -0.25) is 0 Å². The Morgan fingerprint density at radius 1 is 1.20 bits per heavy atom. The molecule has 2 rings (SSSR count). The number of urea groups is 1. The van der Waals surface area contributed by atoms with E-state index in [-0.39, 0.29) is 6.03 Å². The molecule has 20 heavy (non-hydrogen) atoms. The molecule has 0 radical (unpaired) electrons. The Hall–Kier alpha value is -2.01. The van der Waals surface area contributed by atoms with Gasteiger partial charge in [0, 0.05) is 16.7 Å². The average molecular weight is 335 g/mol. The highest BCUT2D eigenvalue weighted by atomic mass is 79.9. The second kappa shape index (κ2) is 6.96. The molecule has 0 spiro atoms. The highest BCUT2D eigenvalue weighted by molar-refractivity contribution is 9.10. The number of carbonyl (C=O) groups is 1. The molecule has 0 saturated carbocycles. The van der Waals surface area contributed by atoms with Gasteiger partial charge < -0.3 is 15.4 Å². The van der Waals surface area contributed by atoms with Crippen LogP contribution in [-0.2, 0) is 6.54 Å². The quantitative estimate of drug-likeness (QED) is 0.893. The van der Waals surface area contributed by atoms with Gasteiger partial charge in [-0.2, -0.15) is 0 Å². The Balaban J connectivity index is 1.85. The Labute approximate surface area is 126 Å². The topological polar surface area (TPSA) is 50.4 Å². The van der Waals surface area contributed by atoms with Gasteiger partial charge in [0.2, 0.25) is 0 Å². The maximum atomic E-state index is 11.8. The van der Waals surface area contributed by atoms with Crippen LogP contribution in [0.25, 0.3) is 0 Å². The summed E-state index contributed by atoms with van der Waals surface area (Å²) in [5, 5.41) is 5.57. The molecule has 4 nitrogen and oxygen atoms in total. The van der Waals surface area contributed by atoms with Crippen molar-refractivity contribution in [3.05, 3.63) is 58.6 Å². The van der Waals surface area contributed by atoms with Gasteiger partial charge in [0.25, 0.3) is 0 Å². The van der Waals surface area contributed by atoms with E-state index in [2.05, 4.69) is 26.6 Å². The number of hydrogen-bond acceptors (Lipinski definition) is 2. The van der Waals surface area contributed by atoms with Crippen LogP contribution in [0, 0.1) is 0 Å². The number of halogens is 1. The summed E-state index contributed by atoms with van der Waals surface area (Å²) >= 11 is 3.36. The summed E-state index contributed by atoms with van der Waals surface area (Å²) in [5.74, 6) is 0.798. The molecular formula is C15H15BrN2O2. The van der Waals surface area contributed by atoms with E-state index in [1.165, 1.54) is 0 Å². The summed E-state index contributed by atoms with van der Waals surface area (Å²) in [6.07, 6.45) is 0. The van der Waals surface area contributed by atoms with Crippen LogP contribution in [0.15, 0.2) is 53.0 Å². The monoisotopic (exact) mass is 334 g/mol. The molecule has 0 unspecified atom stereocenters. The zero-order valence-electron chi connectivity index (χ0n) is 11.0. The van der Waals surface area contributed by atoms with Crippen LogP contribution in [0.2, 0.25) is 0 Å². The first-order chi connectivity index (χ1) is 9.67. The number of anilines is 1. The van der Waals surface area contributed by atoms with Crippen molar-refractivity contribution >= 4 is 27.6 Å². The summed E-state index contributed by atoms with van der Waals surface area (Å²) in [7, 11) is 1.62. The number of amides is 2. The second-order valence-corrected chi connectivity index (χ2v) is 5.08. The van der Waals surface area contributed by atoms with E-state index in [0.717, 1.165) is 21.5 Å². The number of carbonyl (C=O) groups excluding carboxylic acids is 1. The number of nitrogens with one attached hydrogen (secondary N) is 2. The smallest absolute Gasteiger partial charge is 0.319 e. The number of ether oxygens (including phenoxy) is 1. The van der Waals surface area contributed by atoms with Crippen molar-refractivity contribution in [2.45, 2.75) is 6.54 Å². The molecule has 104 valence electrons. The minimum atomic E-state index is -0.237. The largest absolute Gasteiger partial charge is 0.497 e. The van der Waals surface area contributed by atoms with Crippen molar-refractivity contribution in [2.24, 2.45) is 0 Å². The molecule has 0 aliphatic rings. The van der Waals surface area contributed by atoms with E-state index in [0.29, 0.717) is 6.54 Å². The zero-order chi connectivity index (χ0) is 14.4. The van der Waals surface area contributed by atoms with Crippen LogP contribution >= 0.6 is 15.9 Å². The summed E-state index contributed by atoms with van der Waals surface area (Å²) in [4.78, 5) is 11.8. The minimum Gasteiger partial charge on any atom is -0.497 e. The third kappa shape index (κ3) is 4.28. The molecular weight excluding hydrogens is 320 g/mol. The number of hydrogen-bond donors (Lipinski definition) is 2. The lowest BCUT2D eigenvalue weighted by Crippen LogP contribution is -2.28. The van der Waals surface area contributed by atoms with Gasteiger partial charge in [0.05, 0.1) is 7.11 Å². The van der Waals surface area contributed by atoms with Crippen LogP contribution in [0.4, 0.5) is 10.5 Å².